The third kappa shape index (κ3) is 4.67. The average Bonchev–Trinajstić information content (AvgIpc) is 3.18. The zero-order valence-corrected chi connectivity index (χ0v) is 15.9. The summed E-state index contributed by atoms with van der Waals surface area (Å²) in [5, 5.41) is 16.3. The number of nitrogens with one attached hydrogen (secondary N) is 1. The maximum Gasteiger partial charge on any atom is 0.150 e. The van der Waals surface area contributed by atoms with Crippen LogP contribution in [0.5, 0.6) is 0 Å². The van der Waals surface area contributed by atoms with Crippen molar-refractivity contribution in [1.29, 1.82) is 0 Å². The van der Waals surface area contributed by atoms with E-state index in [-0.39, 0.29) is 18.8 Å². The van der Waals surface area contributed by atoms with Crippen LogP contribution in [0.4, 0.5) is 0 Å². The second-order valence-corrected chi connectivity index (χ2v) is 6.75. The fraction of sp³-hybridized carbons (Fsp3) is 0.158. The van der Waals surface area contributed by atoms with Crippen molar-refractivity contribution >= 4 is 23.2 Å². The van der Waals surface area contributed by atoms with Crippen LogP contribution >= 0.6 is 23.2 Å². The molecule has 1 aromatic heterocycles. The number of nitrogens with zero attached hydrogens (tertiary/aromatic N) is 3. The Hall–Kier alpha value is -2.38. The highest BCUT2D eigenvalue weighted by Crippen LogP contribution is 2.29. The molecule has 0 aliphatic heterocycles. The molecule has 6 nitrogen and oxygen atoms in total. The molecule has 1 unspecified atom stereocenters. The molecule has 0 saturated heterocycles. The lowest BCUT2D eigenvalue weighted by Gasteiger charge is -2.30. The molecule has 1 atom stereocenters. The fourth-order valence-electron chi connectivity index (χ4n) is 2.54. The Labute approximate surface area is 167 Å². The minimum absolute atomic E-state index is 0.124. The van der Waals surface area contributed by atoms with Gasteiger partial charge in [-0.05, 0) is 23.3 Å². The first-order valence-corrected chi connectivity index (χ1v) is 8.86. The predicted octanol–water partition coefficient (Wildman–Crippen LogP) is 3.71. The second kappa shape index (κ2) is 8.54. The van der Waals surface area contributed by atoms with Crippen molar-refractivity contribution in [3.63, 3.8) is 0 Å². The Morgan fingerprint density at radius 3 is 2.63 bits per heavy atom. The van der Waals surface area contributed by atoms with Gasteiger partial charge in [0.15, 0.2) is 5.60 Å². The van der Waals surface area contributed by atoms with Crippen molar-refractivity contribution < 1.29 is 9.94 Å². The van der Waals surface area contributed by atoms with Crippen LogP contribution in [0.2, 0.25) is 10.0 Å². The summed E-state index contributed by atoms with van der Waals surface area (Å²) in [6.07, 6.45) is 2.93. The number of benzene rings is 2. The van der Waals surface area contributed by atoms with Gasteiger partial charge in [0.1, 0.15) is 12.7 Å². The van der Waals surface area contributed by atoms with E-state index in [1.54, 1.807) is 18.2 Å². The van der Waals surface area contributed by atoms with Gasteiger partial charge in [-0.25, -0.2) is 9.67 Å². The van der Waals surface area contributed by atoms with Gasteiger partial charge < -0.3 is 5.11 Å². The molecule has 1 heterocycles. The third-order valence-corrected chi connectivity index (χ3v) is 4.77. The minimum atomic E-state index is -1.45. The van der Waals surface area contributed by atoms with E-state index in [1.807, 2.05) is 30.3 Å². The quantitative estimate of drug-likeness (QED) is 0.559. The summed E-state index contributed by atoms with van der Waals surface area (Å²) in [7, 11) is 0. The standard InChI is InChI=1S/C19H18Cl2N4O2/c1-14(24-27-10-15-7-8-17(20)18(21)9-15)19(26,11-25-13-22-12-23-25)16-5-3-2-4-6-16/h2-9,12-13,24,26H,1,10-11H2. The SMILES string of the molecule is C=C(NOCc1ccc(Cl)c(Cl)c1)C(O)(Cn1cncn1)c1ccccc1. The Balaban J connectivity index is 1.72. The highest BCUT2D eigenvalue weighted by molar-refractivity contribution is 6.42. The maximum absolute atomic E-state index is 11.3. The Morgan fingerprint density at radius 1 is 1.19 bits per heavy atom. The number of hydrogen-bond donors (Lipinski definition) is 2. The van der Waals surface area contributed by atoms with Gasteiger partial charge in [-0.2, -0.15) is 5.10 Å². The molecule has 3 rings (SSSR count). The summed E-state index contributed by atoms with van der Waals surface area (Å²) < 4.78 is 1.53. The lowest BCUT2D eigenvalue weighted by molar-refractivity contribution is -0.0147. The van der Waals surface area contributed by atoms with Gasteiger partial charge in [0.25, 0.3) is 0 Å². The molecule has 0 aliphatic carbocycles. The van der Waals surface area contributed by atoms with E-state index >= 15 is 0 Å². The first kappa shape index (κ1) is 19.4. The summed E-state index contributed by atoms with van der Waals surface area (Å²) in [5.41, 5.74) is 3.02. The van der Waals surface area contributed by atoms with Gasteiger partial charge in [0.05, 0.1) is 28.9 Å². The van der Waals surface area contributed by atoms with Gasteiger partial charge in [-0.15, -0.1) is 0 Å². The molecule has 0 bridgehead atoms. The lowest BCUT2D eigenvalue weighted by atomic mass is 9.91. The zero-order valence-electron chi connectivity index (χ0n) is 14.3. The van der Waals surface area contributed by atoms with E-state index in [4.69, 9.17) is 28.0 Å². The first-order chi connectivity index (χ1) is 13.0. The molecular weight excluding hydrogens is 387 g/mol. The molecule has 140 valence electrons. The number of rotatable bonds is 8. The molecule has 8 heteroatoms. The normalized spacial score (nSPS) is 13.1. The summed E-state index contributed by atoms with van der Waals surface area (Å²) in [4.78, 5) is 9.42. The van der Waals surface area contributed by atoms with E-state index in [2.05, 4.69) is 22.1 Å². The first-order valence-electron chi connectivity index (χ1n) is 8.10. The molecular formula is C19H18Cl2N4O2. The van der Waals surface area contributed by atoms with E-state index in [1.165, 1.54) is 17.3 Å². The Kier molecular flexibility index (Phi) is 6.13. The number of aliphatic hydroxyl groups is 1. The molecule has 0 spiro atoms. The van der Waals surface area contributed by atoms with Gasteiger partial charge in [-0.1, -0.05) is 66.2 Å². The van der Waals surface area contributed by atoms with E-state index in [0.717, 1.165) is 5.56 Å². The summed E-state index contributed by atoms with van der Waals surface area (Å²) in [5.74, 6) is 0. The third-order valence-electron chi connectivity index (χ3n) is 4.03. The molecule has 0 aliphatic rings. The van der Waals surface area contributed by atoms with Crippen LogP contribution in [0.15, 0.2) is 73.5 Å². The second-order valence-electron chi connectivity index (χ2n) is 5.94. The molecule has 27 heavy (non-hydrogen) atoms. The lowest BCUT2D eigenvalue weighted by Crippen LogP contribution is -2.39. The van der Waals surface area contributed by atoms with Crippen LogP contribution in [0.1, 0.15) is 11.1 Å². The van der Waals surface area contributed by atoms with Crippen LogP contribution in [0, 0.1) is 0 Å². The molecule has 3 aromatic rings. The van der Waals surface area contributed by atoms with Gasteiger partial charge >= 0.3 is 0 Å². The maximum atomic E-state index is 11.3. The van der Waals surface area contributed by atoms with Crippen LogP contribution in [-0.2, 0) is 23.6 Å². The summed E-state index contributed by atoms with van der Waals surface area (Å²) in [6.45, 7) is 4.29. The van der Waals surface area contributed by atoms with Crippen molar-refractivity contribution in [2.75, 3.05) is 0 Å². The number of hydrogen-bond acceptors (Lipinski definition) is 5. The van der Waals surface area contributed by atoms with E-state index in [0.29, 0.717) is 15.6 Å². The van der Waals surface area contributed by atoms with Crippen molar-refractivity contribution in [3.05, 3.63) is 94.6 Å². The number of aromatic nitrogens is 3. The van der Waals surface area contributed by atoms with Crippen molar-refractivity contribution in [3.8, 4) is 0 Å². The summed E-state index contributed by atoms with van der Waals surface area (Å²) in [6, 6.07) is 14.4. The average molecular weight is 405 g/mol. The van der Waals surface area contributed by atoms with Crippen molar-refractivity contribution in [2.24, 2.45) is 0 Å². The predicted molar refractivity (Wildman–Crippen MR) is 104 cm³/mol. The molecule has 0 saturated carbocycles. The van der Waals surface area contributed by atoms with Crippen molar-refractivity contribution in [1.82, 2.24) is 20.2 Å². The topological polar surface area (TPSA) is 72.2 Å². The van der Waals surface area contributed by atoms with Gasteiger partial charge in [-0.3, -0.25) is 10.3 Å². The highest BCUT2D eigenvalue weighted by Gasteiger charge is 2.34. The van der Waals surface area contributed by atoms with Crippen LogP contribution in [0.3, 0.4) is 0 Å². The summed E-state index contributed by atoms with van der Waals surface area (Å²) >= 11 is 11.9. The van der Waals surface area contributed by atoms with Crippen molar-refractivity contribution in [2.45, 2.75) is 18.8 Å². The number of halogens is 2. The van der Waals surface area contributed by atoms with Gasteiger partial charge in [0.2, 0.25) is 0 Å². The van der Waals surface area contributed by atoms with Crippen LogP contribution in [-0.4, -0.2) is 19.9 Å². The van der Waals surface area contributed by atoms with Crippen LogP contribution in [0.25, 0.3) is 0 Å². The molecule has 0 radical (unpaired) electrons. The van der Waals surface area contributed by atoms with Crippen LogP contribution < -0.4 is 5.48 Å². The highest BCUT2D eigenvalue weighted by atomic mass is 35.5. The largest absolute Gasteiger partial charge is 0.377 e. The smallest absolute Gasteiger partial charge is 0.150 e. The minimum Gasteiger partial charge on any atom is -0.377 e. The Bertz CT molecular complexity index is 903. The molecule has 2 aromatic carbocycles. The molecule has 2 N–H and O–H groups in total. The van der Waals surface area contributed by atoms with E-state index in [9.17, 15) is 5.11 Å². The molecule has 0 fully saturated rings. The van der Waals surface area contributed by atoms with Gasteiger partial charge in [0, 0.05) is 0 Å². The monoisotopic (exact) mass is 404 g/mol. The van der Waals surface area contributed by atoms with E-state index < -0.39 is 5.60 Å². The zero-order chi connectivity index (χ0) is 19.3. The fourth-order valence-corrected chi connectivity index (χ4v) is 2.86. The number of hydroxylamine groups is 1. The Morgan fingerprint density at radius 2 is 1.96 bits per heavy atom. The molecule has 0 amide bonds.